The highest BCUT2D eigenvalue weighted by Gasteiger charge is 2.03. The minimum atomic E-state index is 0.488. The van der Waals surface area contributed by atoms with Crippen LogP contribution in [0.1, 0.15) is 38.4 Å². The molecule has 1 unspecified atom stereocenters. The van der Waals surface area contributed by atoms with E-state index in [9.17, 15) is 0 Å². The normalized spacial score (nSPS) is 12.9. The van der Waals surface area contributed by atoms with Gasteiger partial charge in [0.15, 0.2) is 0 Å². The minimum absolute atomic E-state index is 0.488. The van der Waals surface area contributed by atoms with Crippen LogP contribution in [-0.2, 0) is 11.3 Å². The maximum atomic E-state index is 4.98. The molecule has 0 fully saturated rings. The van der Waals surface area contributed by atoms with E-state index in [2.05, 4.69) is 36.5 Å². The predicted octanol–water partition coefficient (Wildman–Crippen LogP) is 1.98. The number of methoxy groups -OCH3 is 1. The van der Waals surface area contributed by atoms with E-state index in [0.29, 0.717) is 6.04 Å². The van der Waals surface area contributed by atoms with Crippen molar-refractivity contribution >= 4 is 0 Å². The van der Waals surface area contributed by atoms with E-state index in [1.165, 1.54) is 0 Å². The fraction of sp³-hybridized carbons (Fsp3) is 0.750. The van der Waals surface area contributed by atoms with Gasteiger partial charge in [0.05, 0.1) is 5.69 Å². The number of nitrogens with zero attached hydrogens (tertiary/aromatic N) is 2. The maximum absolute atomic E-state index is 4.98. The van der Waals surface area contributed by atoms with E-state index in [-0.39, 0.29) is 0 Å². The first-order valence-corrected chi connectivity index (χ1v) is 6.01. The first-order chi connectivity index (χ1) is 7.77. The summed E-state index contributed by atoms with van der Waals surface area (Å²) in [6.45, 7) is 6.99. The van der Waals surface area contributed by atoms with Gasteiger partial charge in [-0.1, -0.05) is 6.92 Å². The quantitative estimate of drug-likeness (QED) is 0.688. The molecule has 0 saturated heterocycles. The molecule has 1 rings (SSSR count). The second-order valence-corrected chi connectivity index (χ2v) is 4.07. The second-order valence-electron chi connectivity index (χ2n) is 4.07. The van der Waals surface area contributed by atoms with Gasteiger partial charge >= 0.3 is 0 Å². The summed E-state index contributed by atoms with van der Waals surface area (Å²) in [5.41, 5.74) is 1.11. The predicted molar refractivity (Wildman–Crippen MR) is 65.4 cm³/mol. The molecule has 4 heteroatoms. The van der Waals surface area contributed by atoms with Crippen molar-refractivity contribution in [2.24, 2.45) is 0 Å². The summed E-state index contributed by atoms with van der Waals surface area (Å²) in [6, 6.07) is 2.57. The van der Waals surface area contributed by atoms with Crippen LogP contribution in [0.15, 0.2) is 12.3 Å². The van der Waals surface area contributed by atoms with Crippen LogP contribution in [0.2, 0.25) is 0 Å². The minimum Gasteiger partial charge on any atom is -0.385 e. The molecule has 92 valence electrons. The van der Waals surface area contributed by atoms with Crippen molar-refractivity contribution in [2.45, 2.75) is 39.3 Å². The molecule has 1 aromatic heterocycles. The summed E-state index contributed by atoms with van der Waals surface area (Å²) in [7, 11) is 1.73. The Kier molecular flexibility index (Phi) is 6.11. The molecule has 1 atom stereocenters. The summed E-state index contributed by atoms with van der Waals surface area (Å²) in [5, 5.41) is 7.87. The van der Waals surface area contributed by atoms with Crippen molar-refractivity contribution < 1.29 is 4.74 Å². The van der Waals surface area contributed by atoms with Crippen LogP contribution in [-0.4, -0.2) is 30.0 Å². The molecular weight excluding hydrogens is 202 g/mol. The third kappa shape index (κ3) is 4.33. The van der Waals surface area contributed by atoms with E-state index in [0.717, 1.165) is 38.2 Å². The fourth-order valence-corrected chi connectivity index (χ4v) is 1.46. The van der Waals surface area contributed by atoms with Crippen LogP contribution < -0.4 is 5.32 Å². The van der Waals surface area contributed by atoms with E-state index in [4.69, 9.17) is 4.74 Å². The van der Waals surface area contributed by atoms with Crippen LogP contribution in [0.25, 0.3) is 0 Å². The zero-order valence-corrected chi connectivity index (χ0v) is 10.6. The summed E-state index contributed by atoms with van der Waals surface area (Å²) >= 11 is 0. The molecule has 4 nitrogen and oxygen atoms in total. The van der Waals surface area contributed by atoms with Crippen molar-refractivity contribution in [3.8, 4) is 0 Å². The average Bonchev–Trinajstić information content (AvgIpc) is 2.76. The molecule has 0 aliphatic carbocycles. The standard InChI is InChI=1S/C12H23N3O/c1-4-11(2)15-8-6-12(14-15)10-13-7-5-9-16-3/h6,8,11,13H,4-5,7,9-10H2,1-3H3. The Morgan fingerprint density at radius 2 is 2.38 bits per heavy atom. The highest BCUT2D eigenvalue weighted by atomic mass is 16.5. The zero-order chi connectivity index (χ0) is 11.8. The molecule has 0 saturated carbocycles. The molecule has 0 spiro atoms. The molecule has 0 radical (unpaired) electrons. The number of hydrogen-bond acceptors (Lipinski definition) is 3. The van der Waals surface area contributed by atoms with E-state index in [1.807, 2.05) is 4.68 Å². The van der Waals surface area contributed by atoms with Gasteiger partial charge in [0.1, 0.15) is 0 Å². The first-order valence-electron chi connectivity index (χ1n) is 6.01. The lowest BCUT2D eigenvalue weighted by Gasteiger charge is -2.08. The molecule has 0 aliphatic heterocycles. The number of aromatic nitrogens is 2. The Bertz CT molecular complexity index is 286. The van der Waals surface area contributed by atoms with Gasteiger partial charge in [-0.05, 0) is 32.4 Å². The number of hydrogen-bond donors (Lipinski definition) is 1. The SMILES string of the molecule is CCC(C)n1ccc(CNCCCOC)n1. The van der Waals surface area contributed by atoms with Gasteiger partial charge in [0, 0.05) is 32.5 Å². The lowest BCUT2D eigenvalue weighted by atomic mass is 10.3. The Balaban J connectivity index is 2.24. The maximum Gasteiger partial charge on any atom is 0.0762 e. The Morgan fingerprint density at radius 3 is 3.06 bits per heavy atom. The largest absolute Gasteiger partial charge is 0.385 e. The second kappa shape index (κ2) is 7.41. The fourth-order valence-electron chi connectivity index (χ4n) is 1.46. The van der Waals surface area contributed by atoms with Gasteiger partial charge in [-0.3, -0.25) is 4.68 Å². The molecule has 1 heterocycles. The third-order valence-electron chi connectivity index (χ3n) is 2.71. The number of ether oxygens (including phenoxy) is 1. The molecule has 1 aromatic rings. The number of rotatable bonds is 8. The Labute approximate surface area is 98.0 Å². The topological polar surface area (TPSA) is 39.1 Å². The molecule has 0 amide bonds. The lowest BCUT2D eigenvalue weighted by Crippen LogP contribution is -2.17. The molecule has 1 N–H and O–H groups in total. The van der Waals surface area contributed by atoms with Crippen molar-refractivity contribution in [3.05, 3.63) is 18.0 Å². The van der Waals surface area contributed by atoms with Gasteiger partial charge < -0.3 is 10.1 Å². The summed E-state index contributed by atoms with van der Waals surface area (Å²) in [4.78, 5) is 0. The van der Waals surface area contributed by atoms with Gasteiger partial charge in [-0.2, -0.15) is 5.10 Å². The van der Waals surface area contributed by atoms with Crippen LogP contribution in [0.3, 0.4) is 0 Å². The zero-order valence-electron chi connectivity index (χ0n) is 10.6. The van der Waals surface area contributed by atoms with Crippen LogP contribution in [0.5, 0.6) is 0 Å². The van der Waals surface area contributed by atoms with Gasteiger partial charge in [0.25, 0.3) is 0 Å². The molecule has 0 bridgehead atoms. The van der Waals surface area contributed by atoms with Crippen LogP contribution in [0.4, 0.5) is 0 Å². The third-order valence-corrected chi connectivity index (χ3v) is 2.71. The van der Waals surface area contributed by atoms with Crippen molar-refractivity contribution in [1.82, 2.24) is 15.1 Å². The van der Waals surface area contributed by atoms with E-state index < -0.39 is 0 Å². The molecular formula is C12H23N3O. The number of nitrogens with one attached hydrogen (secondary N) is 1. The monoisotopic (exact) mass is 225 g/mol. The van der Waals surface area contributed by atoms with Crippen LogP contribution in [0, 0.1) is 0 Å². The van der Waals surface area contributed by atoms with Crippen molar-refractivity contribution in [1.29, 1.82) is 0 Å². The van der Waals surface area contributed by atoms with Crippen LogP contribution >= 0.6 is 0 Å². The van der Waals surface area contributed by atoms with Gasteiger partial charge in [0.2, 0.25) is 0 Å². The Hall–Kier alpha value is -0.870. The average molecular weight is 225 g/mol. The summed E-state index contributed by atoms with van der Waals surface area (Å²) in [6.07, 6.45) is 4.21. The summed E-state index contributed by atoms with van der Waals surface area (Å²) in [5.74, 6) is 0. The van der Waals surface area contributed by atoms with Gasteiger partial charge in [-0.25, -0.2) is 0 Å². The first kappa shape index (κ1) is 13.2. The lowest BCUT2D eigenvalue weighted by molar-refractivity contribution is 0.194. The highest BCUT2D eigenvalue weighted by molar-refractivity contribution is 4.99. The van der Waals surface area contributed by atoms with E-state index in [1.54, 1.807) is 7.11 Å². The smallest absolute Gasteiger partial charge is 0.0762 e. The molecule has 0 aromatic carbocycles. The molecule has 0 aliphatic rings. The summed E-state index contributed by atoms with van der Waals surface area (Å²) < 4.78 is 7.02. The highest BCUT2D eigenvalue weighted by Crippen LogP contribution is 2.08. The van der Waals surface area contributed by atoms with Crippen molar-refractivity contribution in [2.75, 3.05) is 20.3 Å². The van der Waals surface area contributed by atoms with E-state index >= 15 is 0 Å². The van der Waals surface area contributed by atoms with Crippen molar-refractivity contribution in [3.63, 3.8) is 0 Å². The Morgan fingerprint density at radius 1 is 1.56 bits per heavy atom. The molecule has 16 heavy (non-hydrogen) atoms. The van der Waals surface area contributed by atoms with Gasteiger partial charge in [-0.15, -0.1) is 0 Å².